The number of nitro groups is 1. The highest BCUT2D eigenvalue weighted by Crippen LogP contribution is 2.28. The van der Waals surface area contributed by atoms with Crippen molar-refractivity contribution in [2.75, 3.05) is 20.1 Å². The van der Waals surface area contributed by atoms with Gasteiger partial charge in [0.15, 0.2) is 0 Å². The van der Waals surface area contributed by atoms with Crippen molar-refractivity contribution in [3.63, 3.8) is 0 Å². The predicted octanol–water partition coefficient (Wildman–Crippen LogP) is 2.26. The molecule has 1 saturated heterocycles. The molecule has 1 aliphatic heterocycles. The van der Waals surface area contributed by atoms with Gasteiger partial charge in [-0.05, 0) is 45.3 Å². The van der Waals surface area contributed by atoms with Crippen LogP contribution in [-0.2, 0) is 0 Å². The van der Waals surface area contributed by atoms with Crippen LogP contribution in [0.2, 0.25) is 0 Å². The summed E-state index contributed by atoms with van der Waals surface area (Å²) in [6.45, 7) is 1.62. The van der Waals surface area contributed by atoms with E-state index in [2.05, 4.69) is 5.32 Å². The van der Waals surface area contributed by atoms with Crippen molar-refractivity contribution in [1.82, 2.24) is 10.2 Å². The molecule has 1 N–H and O–H groups in total. The minimum Gasteiger partial charge on any atom is -0.335 e. The number of rotatable bonds is 5. The van der Waals surface area contributed by atoms with E-state index in [1.54, 1.807) is 6.07 Å². The van der Waals surface area contributed by atoms with E-state index in [9.17, 15) is 14.9 Å². The quantitative estimate of drug-likeness (QED) is 0.668. The SMILES string of the molecule is CNCCC1CCCCN1C(=O)c1ccc([N+](=O)[O-])s1. The van der Waals surface area contributed by atoms with Gasteiger partial charge in [0.05, 0.1) is 9.80 Å². The summed E-state index contributed by atoms with van der Waals surface area (Å²) in [5, 5.41) is 13.8. The van der Waals surface area contributed by atoms with Crippen molar-refractivity contribution >= 4 is 22.2 Å². The second-order valence-electron chi connectivity index (χ2n) is 4.94. The summed E-state index contributed by atoms with van der Waals surface area (Å²) < 4.78 is 0. The van der Waals surface area contributed by atoms with Crippen LogP contribution in [0.25, 0.3) is 0 Å². The molecule has 1 unspecified atom stereocenters. The first-order chi connectivity index (χ1) is 9.63. The van der Waals surface area contributed by atoms with Crippen LogP contribution in [0.15, 0.2) is 12.1 Å². The molecule has 1 atom stereocenters. The minimum absolute atomic E-state index is 0.0251. The number of likely N-dealkylation sites (tertiary alicyclic amines) is 1. The molecule has 7 heteroatoms. The molecule has 20 heavy (non-hydrogen) atoms. The fourth-order valence-electron chi connectivity index (χ4n) is 2.56. The van der Waals surface area contributed by atoms with Gasteiger partial charge >= 0.3 is 5.00 Å². The number of carbonyl (C=O) groups excluding carboxylic acids is 1. The van der Waals surface area contributed by atoms with Gasteiger partial charge in [-0.3, -0.25) is 14.9 Å². The van der Waals surface area contributed by atoms with E-state index >= 15 is 0 Å². The third kappa shape index (κ3) is 3.34. The molecule has 2 heterocycles. The molecule has 1 fully saturated rings. The van der Waals surface area contributed by atoms with Gasteiger partial charge in [0, 0.05) is 18.7 Å². The van der Waals surface area contributed by atoms with Crippen LogP contribution in [0.3, 0.4) is 0 Å². The summed E-state index contributed by atoms with van der Waals surface area (Å²) in [4.78, 5) is 25.1. The maximum Gasteiger partial charge on any atom is 0.324 e. The maximum atomic E-state index is 12.5. The Morgan fingerprint density at radius 1 is 1.55 bits per heavy atom. The van der Waals surface area contributed by atoms with E-state index in [1.807, 2.05) is 11.9 Å². The molecule has 2 rings (SSSR count). The first-order valence-corrected chi connectivity index (χ1v) is 7.65. The van der Waals surface area contributed by atoms with Crippen LogP contribution in [0.4, 0.5) is 5.00 Å². The highest BCUT2D eigenvalue weighted by molar-refractivity contribution is 7.17. The van der Waals surface area contributed by atoms with Gasteiger partial charge in [0.25, 0.3) is 5.91 Å². The third-order valence-corrected chi connectivity index (χ3v) is 4.62. The zero-order valence-corrected chi connectivity index (χ0v) is 12.3. The predicted molar refractivity (Wildman–Crippen MR) is 78.2 cm³/mol. The van der Waals surface area contributed by atoms with Gasteiger partial charge < -0.3 is 10.2 Å². The number of amides is 1. The van der Waals surface area contributed by atoms with Crippen molar-refractivity contribution in [2.24, 2.45) is 0 Å². The Morgan fingerprint density at radius 3 is 3.00 bits per heavy atom. The van der Waals surface area contributed by atoms with Gasteiger partial charge in [-0.15, -0.1) is 0 Å². The standard InChI is InChI=1S/C13H19N3O3S/c1-14-8-7-10-4-2-3-9-15(10)13(17)11-5-6-12(20-11)16(18)19/h5-6,10,14H,2-4,7-9H2,1H3. The Bertz CT molecular complexity index is 489. The van der Waals surface area contributed by atoms with Gasteiger partial charge in [-0.1, -0.05) is 11.3 Å². The van der Waals surface area contributed by atoms with E-state index in [0.717, 1.165) is 50.1 Å². The molecule has 1 aromatic heterocycles. The average Bonchev–Trinajstić information content (AvgIpc) is 2.94. The Labute approximate surface area is 121 Å². The largest absolute Gasteiger partial charge is 0.335 e. The van der Waals surface area contributed by atoms with Crippen LogP contribution in [0.5, 0.6) is 0 Å². The molecule has 0 bridgehead atoms. The van der Waals surface area contributed by atoms with Crippen LogP contribution >= 0.6 is 11.3 Å². The van der Waals surface area contributed by atoms with Crippen LogP contribution in [0, 0.1) is 10.1 Å². The molecular formula is C13H19N3O3S. The highest BCUT2D eigenvalue weighted by atomic mass is 32.1. The van der Waals surface area contributed by atoms with Crippen LogP contribution in [0.1, 0.15) is 35.4 Å². The molecule has 1 aliphatic rings. The molecule has 0 saturated carbocycles. The van der Waals surface area contributed by atoms with Crippen molar-refractivity contribution in [2.45, 2.75) is 31.7 Å². The summed E-state index contributed by atoms with van der Waals surface area (Å²) in [5.41, 5.74) is 0. The number of hydrogen-bond donors (Lipinski definition) is 1. The lowest BCUT2D eigenvalue weighted by Gasteiger charge is -2.35. The Hall–Kier alpha value is -1.47. The van der Waals surface area contributed by atoms with Crippen molar-refractivity contribution in [3.05, 3.63) is 27.1 Å². The van der Waals surface area contributed by atoms with Gasteiger partial charge in [0.2, 0.25) is 0 Å². The number of piperidine rings is 1. The third-order valence-electron chi connectivity index (χ3n) is 3.60. The topological polar surface area (TPSA) is 75.5 Å². The van der Waals surface area contributed by atoms with Gasteiger partial charge in [0.1, 0.15) is 0 Å². The maximum absolute atomic E-state index is 12.5. The van der Waals surface area contributed by atoms with Crippen molar-refractivity contribution in [1.29, 1.82) is 0 Å². The molecule has 0 radical (unpaired) electrons. The summed E-state index contributed by atoms with van der Waals surface area (Å²) in [6, 6.07) is 3.21. The Kier molecular flexibility index (Phi) is 5.08. The lowest BCUT2D eigenvalue weighted by Crippen LogP contribution is -2.44. The van der Waals surface area contributed by atoms with Crippen LogP contribution < -0.4 is 5.32 Å². The fourth-order valence-corrected chi connectivity index (χ4v) is 3.34. The first kappa shape index (κ1) is 14.9. The zero-order chi connectivity index (χ0) is 14.5. The molecule has 1 amide bonds. The number of nitrogens with zero attached hydrogens (tertiary/aromatic N) is 2. The van der Waals surface area contributed by atoms with E-state index in [1.165, 1.54) is 6.07 Å². The van der Waals surface area contributed by atoms with E-state index < -0.39 is 4.92 Å². The molecule has 0 aromatic carbocycles. The van der Waals surface area contributed by atoms with E-state index in [-0.39, 0.29) is 17.0 Å². The normalized spacial score (nSPS) is 19.1. The second kappa shape index (κ2) is 6.81. The van der Waals surface area contributed by atoms with E-state index in [4.69, 9.17) is 0 Å². The first-order valence-electron chi connectivity index (χ1n) is 6.83. The Morgan fingerprint density at radius 2 is 2.35 bits per heavy atom. The summed E-state index contributed by atoms with van der Waals surface area (Å²) >= 11 is 0.963. The summed E-state index contributed by atoms with van der Waals surface area (Å²) in [6.07, 6.45) is 4.09. The highest BCUT2D eigenvalue weighted by Gasteiger charge is 2.28. The second-order valence-corrected chi connectivity index (χ2v) is 6.00. The minimum atomic E-state index is -0.448. The van der Waals surface area contributed by atoms with Crippen molar-refractivity contribution < 1.29 is 9.72 Å². The monoisotopic (exact) mass is 297 g/mol. The fraction of sp³-hybridized carbons (Fsp3) is 0.615. The lowest BCUT2D eigenvalue weighted by molar-refractivity contribution is -0.380. The number of carbonyl (C=O) groups is 1. The summed E-state index contributed by atoms with van der Waals surface area (Å²) in [7, 11) is 1.90. The lowest BCUT2D eigenvalue weighted by atomic mass is 9.99. The molecule has 110 valence electrons. The molecule has 1 aromatic rings. The summed E-state index contributed by atoms with van der Waals surface area (Å²) in [5.74, 6) is -0.0658. The molecule has 0 spiro atoms. The number of nitrogens with one attached hydrogen (secondary N) is 1. The Balaban J connectivity index is 2.09. The number of hydrogen-bond acceptors (Lipinski definition) is 5. The zero-order valence-electron chi connectivity index (χ0n) is 11.5. The number of thiophene rings is 1. The van der Waals surface area contributed by atoms with Crippen LogP contribution in [-0.4, -0.2) is 41.9 Å². The van der Waals surface area contributed by atoms with Gasteiger partial charge in [-0.25, -0.2) is 0 Å². The molecule has 6 nitrogen and oxygen atoms in total. The van der Waals surface area contributed by atoms with Gasteiger partial charge in [-0.2, -0.15) is 0 Å². The van der Waals surface area contributed by atoms with Crippen molar-refractivity contribution in [3.8, 4) is 0 Å². The molecule has 0 aliphatic carbocycles. The van der Waals surface area contributed by atoms with E-state index in [0.29, 0.717) is 4.88 Å². The molecular weight excluding hydrogens is 278 g/mol. The average molecular weight is 297 g/mol. The smallest absolute Gasteiger partial charge is 0.324 e.